The highest BCUT2D eigenvalue weighted by atomic mass is 16.3. The molecule has 0 aliphatic rings. The second-order valence-electron chi connectivity index (χ2n) is 8.41. The Hall–Kier alpha value is -1.51. The van der Waals surface area contributed by atoms with Gasteiger partial charge in [-0.2, -0.15) is 0 Å². The van der Waals surface area contributed by atoms with Gasteiger partial charge < -0.3 is 10.4 Å². The van der Waals surface area contributed by atoms with Gasteiger partial charge in [-0.1, -0.05) is 55.0 Å². The van der Waals surface area contributed by atoms with Gasteiger partial charge in [0.2, 0.25) is 5.91 Å². The highest BCUT2D eigenvalue weighted by molar-refractivity contribution is 5.85. The van der Waals surface area contributed by atoms with Crippen molar-refractivity contribution in [3.8, 4) is 0 Å². The number of amides is 1. The third kappa shape index (κ3) is 6.08. The Bertz CT molecular complexity index is 469. The lowest BCUT2D eigenvalue weighted by Gasteiger charge is -2.44. The zero-order valence-electron chi connectivity index (χ0n) is 15.5. The Morgan fingerprint density at radius 2 is 1.59 bits per heavy atom. The minimum Gasteiger partial charge on any atom is -0.513 e. The molecular weight excluding hydrogens is 274 g/mol. The van der Waals surface area contributed by atoms with Crippen LogP contribution < -0.4 is 5.32 Å². The first-order chi connectivity index (χ1) is 9.73. The minimum absolute atomic E-state index is 0.0231. The van der Waals surface area contributed by atoms with Crippen LogP contribution in [0.25, 0.3) is 0 Å². The molecule has 0 fully saturated rings. The van der Waals surface area contributed by atoms with Crippen LogP contribution in [0.4, 0.5) is 0 Å². The van der Waals surface area contributed by atoms with Crippen molar-refractivity contribution in [2.75, 3.05) is 0 Å². The van der Waals surface area contributed by atoms with Crippen LogP contribution >= 0.6 is 0 Å². The number of rotatable bonds is 5. The van der Waals surface area contributed by atoms with E-state index < -0.39 is 5.41 Å². The number of aliphatic hydroxyl groups excluding tert-OH is 1. The van der Waals surface area contributed by atoms with Gasteiger partial charge in [0.05, 0.1) is 11.2 Å². The summed E-state index contributed by atoms with van der Waals surface area (Å²) in [5.74, 6) is 0.159. The van der Waals surface area contributed by atoms with Crippen LogP contribution in [0.3, 0.4) is 0 Å². The molecule has 0 aromatic heterocycles. The summed E-state index contributed by atoms with van der Waals surface area (Å²) in [5, 5.41) is 12.2. The van der Waals surface area contributed by atoms with Crippen molar-refractivity contribution >= 4 is 5.91 Å². The summed E-state index contributed by atoms with van der Waals surface area (Å²) < 4.78 is 0. The number of allylic oxidation sites excluding steroid dienone is 4. The van der Waals surface area contributed by atoms with Crippen LogP contribution in [0.5, 0.6) is 0 Å². The van der Waals surface area contributed by atoms with Crippen molar-refractivity contribution in [2.24, 2.45) is 16.2 Å². The van der Waals surface area contributed by atoms with Crippen LogP contribution in [0, 0.1) is 16.2 Å². The lowest BCUT2D eigenvalue weighted by atomic mass is 9.61. The fourth-order valence-electron chi connectivity index (χ4n) is 2.39. The number of aliphatic hydroxyl groups is 1. The highest BCUT2D eigenvalue weighted by Crippen LogP contribution is 2.46. The van der Waals surface area contributed by atoms with Gasteiger partial charge in [0.1, 0.15) is 0 Å². The van der Waals surface area contributed by atoms with Gasteiger partial charge in [-0.25, -0.2) is 0 Å². The Kier molecular flexibility index (Phi) is 6.68. The predicted octanol–water partition coefficient (Wildman–Crippen LogP) is 5.12. The molecule has 0 aliphatic carbocycles. The first-order valence-corrected chi connectivity index (χ1v) is 7.74. The molecule has 0 aromatic rings. The zero-order valence-corrected chi connectivity index (χ0v) is 15.5. The predicted molar refractivity (Wildman–Crippen MR) is 94.4 cm³/mol. The van der Waals surface area contributed by atoms with Gasteiger partial charge in [-0.05, 0) is 42.4 Å². The molecule has 0 aromatic carbocycles. The SMILES string of the molecule is C=C/C(=C\C=C(/C)O)NC(=O)C(C)(CC(C)(C)C)C(C)(C)C. The van der Waals surface area contributed by atoms with Crippen molar-refractivity contribution in [3.63, 3.8) is 0 Å². The van der Waals surface area contributed by atoms with E-state index >= 15 is 0 Å². The molecule has 3 nitrogen and oxygen atoms in total. The Morgan fingerprint density at radius 1 is 1.09 bits per heavy atom. The second kappa shape index (κ2) is 7.17. The zero-order chi connectivity index (χ0) is 17.8. The summed E-state index contributed by atoms with van der Waals surface area (Å²) in [4.78, 5) is 12.9. The van der Waals surface area contributed by atoms with Crippen molar-refractivity contribution in [1.82, 2.24) is 5.32 Å². The molecule has 0 radical (unpaired) electrons. The second-order valence-corrected chi connectivity index (χ2v) is 8.41. The monoisotopic (exact) mass is 307 g/mol. The summed E-state index contributed by atoms with van der Waals surface area (Å²) in [6, 6.07) is 0. The van der Waals surface area contributed by atoms with Gasteiger partial charge in [0.25, 0.3) is 0 Å². The van der Waals surface area contributed by atoms with Crippen LogP contribution in [0.2, 0.25) is 0 Å². The van der Waals surface area contributed by atoms with Crippen molar-refractivity contribution in [3.05, 3.63) is 36.3 Å². The summed E-state index contributed by atoms with van der Waals surface area (Å²) in [6.45, 7) is 20.0. The molecule has 1 atom stereocenters. The fourth-order valence-corrected chi connectivity index (χ4v) is 2.39. The van der Waals surface area contributed by atoms with Gasteiger partial charge in [0, 0.05) is 5.70 Å². The number of nitrogens with one attached hydrogen (secondary N) is 1. The maximum atomic E-state index is 12.9. The van der Waals surface area contributed by atoms with E-state index in [1.165, 1.54) is 6.08 Å². The van der Waals surface area contributed by atoms with E-state index in [2.05, 4.69) is 53.4 Å². The molecule has 3 heteroatoms. The largest absolute Gasteiger partial charge is 0.513 e. The van der Waals surface area contributed by atoms with Crippen LogP contribution in [-0.4, -0.2) is 11.0 Å². The average Bonchev–Trinajstić information content (AvgIpc) is 2.30. The molecule has 1 unspecified atom stereocenters. The van der Waals surface area contributed by atoms with Crippen molar-refractivity contribution in [1.29, 1.82) is 0 Å². The molecule has 1 amide bonds. The summed E-state index contributed by atoms with van der Waals surface area (Å²) in [6.07, 6.45) is 5.54. The molecule has 0 rings (SSSR count). The molecule has 0 heterocycles. The maximum Gasteiger partial charge on any atom is 0.230 e. The fraction of sp³-hybridized carbons (Fsp3) is 0.632. The van der Waals surface area contributed by atoms with Crippen molar-refractivity contribution < 1.29 is 9.90 Å². The van der Waals surface area contributed by atoms with E-state index in [4.69, 9.17) is 0 Å². The van der Waals surface area contributed by atoms with Gasteiger partial charge in [-0.3, -0.25) is 4.79 Å². The normalized spacial score (nSPS) is 16.9. The molecule has 0 saturated carbocycles. The molecule has 2 N–H and O–H groups in total. The third-order valence-corrected chi connectivity index (χ3v) is 4.02. The van der Waals surface area contributed by atoms with E-state index in [9.17, 15) is 9.90 Å². The minimum atomic E-state index is -0.522. The standard InChI is InChI=1S/C19H33NO2/c1-10-15(12-11-14(2)21)20-16(22)19(9,18(6,7)8)13-17(3,4)5/h10-12,21H,1,13H2,2-9H3,(H,20,22)/b14-11+,15-12+. The topological polar surface area (TPSA) is 49.3 Å². The first kappa shape index (κ1) is 20.5. The van der Waals surface area contributed by atoms with Crippen molar-refractivity contribution in [2.45, 2.75) is 61.8 Å². The maximum absolute atomic E-state index is 12.9. The van der Waals surface area contributed by atoms with Crippen LogP contribution in [-0.2, 0) is 4.79 Å². The van der Waals surface area contributed by atoms with E-state index in [0.717, 1.165) is 6.42 Å². The molecule has 0 saturated heterocycles. The summed E-state index contributed by atoms with van der Waals surface area (Å²) in [7, 11) is 0. The smallest absolute Gasteiger partial charge is 0.230 e. The van der Waals surface area contributed by atoms with Gasteiger partial charge in [-0.15, -0.1) is 0 Å². The quantitative estimate of drug-likeness (QED) is 0.547. The van der Waals surface area contributed by atoms with Crippen LogP contribution in [0.15, 0.2) is 36.3 Å². The van der Waals surface area contributed by atoms with Gasteiger partial charge in [0.15, 0.2) is 0 Å². The Labute approximate surface area is 136 Å². The van der Waals surface area contributed by atoms with Gasteiger partial charge >= 0.3 is 0 Å². The number of hydrogen-bond donors (Lipinski definition) is 2. The van der Waals surface area contributed by atoms with E-state index in [-0.39, 0.29) is 22.5 Å². The first-order valence-electron chi connectivity index (χ1n) is 7.74. The molecule has 0 aliphatic heterocycles. The molecule has 126 valence electrons. The molecule has 22 heavy (non-hydrogen) atoms. The Balaban J connectivity index is 5.52. The number of hydrogen-bond acceptors (Lipinski definition) is 2. The van der Waals surface area contributed by atoms with E-state index in [1.807, 2.05) is 6.92 Å². The Morgan fingerprint density at radius 3 is 1.91 bits per heavy atom. The molecule has 0 spiro atoms. The highest BCUT2D eigenvalue weighted by Gasteiger charge is 2.46. The third-order valence-electron chi connectivity index (χ3n) is 4.02. The number of carbonyl (C=O) groups excluding carboxylic acids is 1. The lowest BCUT2D eigenvalue weighted by Crippen LogP contribution is -2.48. The summed E-state index contributed by atoms with van der Waals surface area (Å²) in [5.41, 5.74) is -0.0771. The average molecular weight is 307 g/mol. The van der Waals surface area contributed by atoms with Crippen LogP contribution in [0.1, 0.15) is 61.8 Å². The number of carbonyl (C=O) groups is 1. The molecular formula is C19H33NO2. The van der Waals surface area contributed by atoms with E-state index in [1.54, 1.807) is 19.1 Å². The van der Waals surface area contributed by atoms with E-state index in [0.29, 0.717) is 5.70 Å². The molecule has 0 bridgehead atoms. The summed E-state index contributed by atoms with van der Waals surface area (Å²) >= 11 is 0. The lowest BCUT2D eigenvalue weighted by molar-refractivity contribution is -0.138.